The topological polar surface area (TPSA) is 105 Å². The minimum absolute atomic E-state index is 0.227. The van der Waals surface area contributed by atoms with Crippen molar-refractivity contribution in [2.45, 2.75) is 13.0 Å². The van der Waals surface area contributed by atoms with E-state index in [0.29, 0.717) is 22.0 Å². The molecule has 1 unspecified atom stereocenters. The van der Waals surface area contributed by atoms with Gasteiger partial charge in [0.2, 0.25) is 5.91 Å². The van der Waals surface area contributed by atoms with Crippen molar-refractivity contribution in [3.8, 4) is 11.5 Å². The van der Waals surface area contributed by atoms with Gasteiger partial charge in [-0.15, -0.1) is 0 Å². The Labute approximate surface area is 165 Å². The predicted octanol–water partition coefficient (Wildman–Crippen LogP) is 1.49. The first-order valence-electron chi connectivity index (χ1n) is 7.77. The van der Waals surface area contributed by atoms with Crippen LogP contribution in [0.25, 0.3) is 6.08 Å². The summed E-state index contributed by atoms with van der Waals surface area (Å²) in [4.78, 5) is 36.8. The standard InChI is InChI=1S/C17H18N2O6S2/c1-9(15(22)18-8-14(20)21)19-16(23)13(27-17(19)26)7-10-4-5-11(24-2)12(6-10)25-3/h4-7,9H,8H2,1-3H3,(H,18,22)(H,20,21)/b13-7-. The van der Waals surface area contributed by atoms with Gasteiger partial charge in [-0.25, -0.2) is 0 Å². The first-order chi connectivity index (χ1) is 12.8. The minimum Gasteiger partial charge on any atom is -0.493 e. The molecule has 1 heterocycles. The maximum atomic E-state index is 12.7. The molecule has 2 amide bonds. The highest BCUT2D eigenvalue weighted by Crippen LogP contribution is 2.35. The van der Waals surface area contributed by atoms with Gasteiger partial charge in [0.15, 0.2) is 11.5 Å². The van der Waals surface area contributed by atoms with Gasteiger partial charge in [-0.3, -0.25) is 19.3 Å². The highest BCUT2D eigenvalue weighted by molar-refractivity contribution is 8.26. The summed E-state index contributed by atoms with van der Waals surface area (Å²) in [5.41, 5.74) is 0.705. The first kappa shape index (κ1) is 20.7. The van der Waals surface area contributed by atoms with Gasteiger partial charge in [-0.2, -0.15) is 0 Å². The normalized spacial score (nSPS) is 16.4. The van der Waals surface area contributed by atoms with E-state index in [1.54, 1.807) is 24.3 Å². The Bertz CT molecular complexity index is 824. The number of methoxy groups -OCH3 is 2. The number of hydrogen-bond donors (Lipinski definition) is 2. The second kappa shape index (κ2) is 8.87. The molecule has 10 heteroatoms. The molecular formula is C17H18N2O6S2. The van der Waals surface area contributed by atoms with E-state index in [1.807, 2.05) is 0 Å². The fourth-order valence-corrected chi connectivity index (χ4v) is 3.75. The highest BCUT2D eigenvalue weighted by atomic mass is 32.2. The zero-order valence-electron chi connectivity index (χ0n) is 14.8. The van der Waals surface area contributed by atoms with Crippen LogP contribution >= 0.6 is 24.0 Å². The first-order valence-corrected chi connectivity index (χ1v) is 8.99. The summed E-state index contributed by atoms with van der Waals surface area (Å²) in [6.45, 7) is 0.959. The Kier molecular flexibility index (Phi) is 6.81. The molecule has 27 heavy (non-hydrogen) atoms. The van der Waals surface area contributed by atoms with Crippen LogP contribution in [0, 0.1) is 0 Å². The van der Waals surface area contributed by atoms with Crippen LogP contribution < -0.4 is 14.8 Å². The van der Waals surface area contributed by atoms with Gasteiger partial charge in [-0.1, -0.05) is 30.0 Å². The van der Waals surface area contributed by atoms with Crippen LogP contribution in [-0.4, -0.2) is 58.9 Å². The average molecular weight is 410 g/mol. The average Bonchev–Trinajstić information content (AvgIpc) is 2.92. The van der Waals surface area contributed by atoms with Crippen molar-refractivity contribution < 1.29 is 29.0 Å². The van der Waals surface area contributed by atoms with Crippen LogP contribution in [0.15, 0.2) is 23.1 Å². The zero-order valence-corrected chi connectivity index (χ0v) is 16.5. The molecule has 0 saturated carbocycles. The van der Waals surface area contributed by atoms with Gasteiger partial charge in [0.1, 0.15) is 16.9 Å². The van der Waals surface area contributed by atoms with Crippen molar-refractivity contribution in [1.29, 1.82) is 0 Å². The number of nitrogens with one attached hydrogen (secondary N) is 1. The summed E-state index contributed by atoms with van der Waals surface area (Å²) in [7, 11) is 3.04. The summed E-state index contributed by atoms with van der Waals surface area (Å²) >= 11 is 6.29. The van der Waals surface area contributed by atoms with Crippen molar-refractivity contribution in [3.05, 3.63) is 28.7 Å². The number of carbonyl (C=O) groups is 3. The molecule has 2 rings (SSSR count). The van der Waals surface area contributed by atoms with E-state index < -0.39 is 30.4 Å². The summed E-state index contributed by atoms with van der Waals surface area (Å²) < 4.78 is 10.7. The molecular weight excluding hydrogens is 392 g/mol. The molecule has 1 aromatic rings. The number of carbonyl (C=O) groups excluding carboxylic acids is 2. The van der Waals surface area contributed by atoms with Gasteiger partial charge in [0, 0.05) is 0 Å². The third kappa shape index (κ3) is 4.77. The lowest BCUT2D eigenvalue weighted by molar-refractivity contribution is -0.139. The lowest BCUT2D eigenvalue weighted by Crippen LogP contribution is -2.48. The molecule has 0 radical (unpaired) electrons. The van der Waals surface area contributed by atoms with Crippen LogP contribution in [0.3, 0.4) is 0 Å². The van der Waals surface area contributed by atoms with Gasteiger partial charge >= 0.3 is 5.97 Å². The van der Waals surface area contributed by atoms with Gasteiger partial charge < -0.3 is 19.9 Å². The Hall–Kier alpha value is -2.59. The maximum absolute atomic E-state index is 12.7. The molecule has 1 saturated heterocycles. The van der Waals surface area contributed by atoms with Crippen molar-refractivity contribution in [3.63, 3.8) is 0 Å². The van der Waals surface area contributed by atoms with E-state index in [1.165, 1.54) is 26.0 Å². The molecule has 0 aliphatic carbocycles. The Morgan fingerprint density at radius 1 is 1.33 bits per heavy atom. The molecule has 144 valence electrons. The molecule has 0 aromatic heterocycles. The maximum Gasteiger partial charge on any atom is 0.322 e. The van der Waals surface area contributed by atoms with Crippen molar-refractivity contribution in [2.75, 3.05) is 20.8 Å². The van der Waals surface area contributed by atoms with Gasteiger partial charge in [0.05, 0.1) is 19.1 Å². The highest BCUT2D eigenvalue weighted by Gasteiger charge is 2.38. The van der Waals surface area contributed by atoms with E-state index in [9.17, 15) is 14.4 Å². The minimum atomic E-state index is -1.17. The molecule has 1 fully saturated rings. The zero-order chi connectivity index (χ0) is 20.1. The quantitative estimate of drug-likeness (QED) is 0.515. The molecule has 0 spiro atoms. The number of benzene rings is 1. The van der Waals surface area contributed by atoms with Crippen molar-refractivity contribution in [1.82, 2.24) is 10.2 Å². The smallest absolute Gasteiger partial charge is 0.322 e. The number of nitrogens with zero attached hydrogens (tertiary/aromatic N) is 1. The Morgan fingerprint density at radius 3 is 2.59 bits per heavy atom. The number of thiocarbonyl (C=S) groups is 1. The molecule has 0 bridgehead atoms. The van der Waals surface area contributed by atoms with E-state index in [4.69, 9.17) is 26.8 Å². The number of aliphatic carboxylic acids is 1. The van der Waals surface area contributed by atoms with Crippen molar-refractivity contribution >= 4 is 52.2 Å². The number of ether oxygens (including phenoxy) is 2. The fraction of sp³-hybridized carbons (Fsp3) is 0.294. The molecule has 1 atom stereocenters. The summed E-state index contributed by atoms with van der Waals surface area (Å²) in [6, 6.07) is 4.27. The number of carboxylic acid groups (broad SMARTS) is 1. The Morgan fingerprint density at radius 2 is 2.00 bits per heavy atom. The van der Waals surface area contributed by atoms with Gasteiger partial charge in [0.25, 0.3) is 5.91 Å². The Balaban J connectivity index is 2.21. The number of hydrogen-bond acceptors (Lipinski definition) is 7. The fourth-order valence-electron chi connectivity index (χ4n) is 2.34. The van der Waals surface area contributed by atoms with E-state index >= 15 is 0 Å². The summed E-state index contributed by atoms with van der Waals surface area (Å²) in [5.74, 6) is -1.11. The largest absolute Gasteiger partial charge is 0.493 e. The predicted molar refractivity (Wildman–Crippen MR) is 105 cm³/mol. The van der Waals surface area contributed by atoms with Crippen LogP contribution in [-0.2, 0) is 14.4 Å². The molecule has 8 nitrogen and oxygen atoms in total. The van der Waals surface area contributed by atoms with E-state index in [-0.39, 0.29) is 4.32 Å². The van der Waals surface area contributed by atoms with Crippen LogP contribution in [0.5, 0.6) is 11.5 Å². The summed E-state index contributed by atoms with van der Waals surface area (Å²) in [5, 5.41) is 10.9. The lowest BCUT2D eigenvalue weighted by Gasteiger charge is -2.21. The molecule has 1 aliphatic rings. The van der Waals surface area contributed by atoms with Crippen LogP contribution in [0.4, 0.5) is 0 Å². The number of thioether (sulfide) groups is 1. The monoisotopic (exact) mass is 410 g/mol. The summed E-state index contributed by atoms with van der Waals surface area (Å²) in [6.07, 6.45) is 1.64. The number of carboxylic acids is 1. The van der Waals surface area contributed by atoms with E-state index in [0.717, 1.165) is 11.8 Å². The van der Waals surface area contributed by atoms with Crippen molar-refractivity contribution in [2.24, 2.45) is 0 Å². The van der Waals surface area contributed by atoms with Crippen LogP contribution in [0.1, 0.15) is 12.5 Å². The molecule has 1 aliphatic heterocycles. The second-order valence-corrected chi connectivity index (χ2v) is 7.13. The second-order valence-electron chi connectivity index (χ2n) is 5.45. The SMILES string of the molecule is COc1ccc(/C=C2\SC(=S)N(C(C)C(=O)NCC(=O)O)C2=O)cc1OC. The number of rotatable bonds is 7. The molecule has 2 N–H and O–H groups in total. The number of amides is 2. The van der Waals surface area contributed by atoms with Crippen LogP contribution in [0.2, 0.25) is 0 Å². The third-order valence-electron chi connectivity index (χ3n) is 3.71. The lowest BCUT2D eigenvalue weighted by atomic mass is 10.1. The van der Waals surface area contributed by atoms with E-state index in [2.05, 4.69) is 5.32 Å². The molecule has 1 aromatic carbocycles. The van der Waals surface area contributed by atoms with Gasteiger partial charge in [-0.05, 0) is 30.7 Å². The third-order valence-corrected chi connectivity index (χ3v) is 5.04.